The molecule has 1 atom stereocenters. The largest absolute Gasteiger partial charge is 0.364 e. The van der Waals surface area contributed by atoms with Crippen LogP contribution in [0.5, 0.6) is 0 Å². The van der Waals surface area contributed by atoms with E-state index in [0.29, 0.717) is 24.6 Å². The summed E-state index contributed by atoms with van der Waals surface area (Å²) in [5.41, 5.74) is 2.54. The van der Waals surface area contributed by atoms with E-state index >= 15 is 0 Å². The minimum absolute atomic E-state index is 0.0898. The highest BCUT2D eigenvalue weighted by Gasteiger charge is 2.29. The number of nitrogens with one attached hydrogen (secondary N) is 1. The Morgan fingerprint density at radius 3 is 2.71 bits per heavy atom. The molecule has 0 bridgehead atoms. The summed E-state index contributed by atoms with van der Waals surface area (Å²) in [7, 11) is -2.92. The van der Waals surface area contributed by atoms with Crippen molar-refractivity contribution in [2.75, 3.05) is 16.8 Å². The highest BCUT2D eigenvalue weighted by Crippen LogP contribution is 2.25. The normalized spacial score (nSPS) is 21.0. The van der Waals surface area contributed by atoms with Gasteiger partial charge < -0.3 is 5.32 Å². The molecular weight excluding hydrogens is 290 g/mol. The predicted molar refractivity (Wildman–Crippen MR) is 81.2 cm³/mol. The zero-order valence-electron chi connectivity index (χ0n) is 12.4. The predicted octanol–water partition coefficient (Wildman–Crippen LogP) is 1.06. The van der Waals surface area contributed by atoms with E-state index in [4.69, 9.17) is 0 Å². The lowest BCUT2D eigenvalue weighted by molar-refractivity contribution is 0.602. The lowest BCUT2D eigenvalue weighted by Gasteiger charge is -2.13. The summed E-state index contributed by atoms with van der Waals surface area (Å²) in [6.45, 7) is 6.48. The van der Waals surface area contributed by atoms with Gasteiger partial charge in [0, 0.05) is 12.6 Å². The third kappa shape index (κ3) is 2.59. The molecule has 1 unspecified atom stereocenters. The molecule has 1 aliphatic rings. The monoisotopic (exact) mass is 309 g/mol. The second kappa shape index (κ2) is 4.94. The Balaban J connectivity index is 2.05. The highest BCUT2D eigenvalue weighted by atomic mass is 32.2. The number of hydrogen-bond acceptors (Lipinski definition) is 6. The van der Waals surface area contributed by atoms with Gasteiger partial charge in [0.05, 0.1) is 17.2 Å². The van der Waals surface area contributed by atoms with Crippen LogP contribution in [0.3, 0.4) is 0 Å². The molecule has 0 spiro atoms. The molecule has 0 aromatic carbocycles. The Morgan fingerprint density at radius 1 is 1.33 bits per heavy atom. The third-order valence-electron chi connectivity index (χ3n) is 3.74. The van der Waals surface area contributed by atoms with Crippen LogP contribution >= 0.6 is 0 Å². The van der Waals surface area contributed by atoms with Crippen LogP contribution in [0.15, 0.2) is 0 Å². The van der Waals surface area contributed by atoms with Crippen LogP contribution in [0.25, 0.3) is 11.0 Å². The van der Waals surface area contributed by atoms with Crippen molar-refractivity contribution >= 4 is 26.7 Å². The van der Waals surface area contributed by atoms with Crippen molar-refractivity contribution in [2.45, 2.75) is 39.8 Å². The van der Waals surface area contributed by atoms with Crippen LogP contribution in [-0.2, 0) is 16.4 Å². The topological polar surface area (TPSA) is 89.8 Å². The molecule has 0 aliphatic carbocycles. The SMILES string of the molecule is CCn1nc(C)c2nc(C)nc(NC3CCS(=O)(=O)C3)c21. The van der Waals surface area contributed by atoms with E-state index in [0.717, 1.165) is 16.7 Å². The van der Waals surface area contributed by atoms with Crippen molar-refractivity contribution in [3.8, 4) is 0 Å². The molecule has 21 heavy (non-hydrogen) atoms. The van der Waals surface area contributed by atoms with Gasteiger partial charge in [-0.2, -0.15) is 5.10 Å². The molecule has 8 heteroatoms. The minimum atomic E-state index is -2.92. The quantitative estimate of drug-likeness (QED) is 0.912. The van der Waals surface area contributed by atoms with Crippen LogP contribution in [0.2, 0.25) is 0 Å². The molecule has 3 heterocycles. The number of hydrogen-bond donors (Lipinski definition) is 1. The lowest BCUT2D eigenvalue weighted by atomic mass is 10.2. The smallest absolute Gasteiger partial charge is 0.156 e. The summed E-state index contributed by atoms with van der Waals surface area (Å²) in [6, 6.07) is -0.0898. The van der Waals surface area contributed by atoms with Crippen molar-refractivity contribution < 1.29 is 8.42 Å². The molecule has 0 saturated carbocycles. The minimum Gasteiger partial charge on any atom is -0.364 e. The first kappa shape index (κ1) is 14.2. The lowest BCUT2D eigenvalue weighted by Crippen LogP contribution is -2.22. The summed E-state index contributed by atoms with van der Waals surface area (Å²) in [4.78, 5) is 8.91. The van der Waals surface area contributed by atoms with Gasteiger partial charge in [0.1, 0.15) is 16.9 Å². The van der Waals surface area contributed by atoms with Crippen molar-refractivity contribution in [3.63, 3.8) is 0 Å². The van der Waals surface area contributed by atoms with Crippen LogP contribution < -0.4 is 5.32 Å². The van der Waals surface area contributed by atoms with Crippen molar-refractivity contribution in [2.24, 2.45) is 0 Å². The van der Waals surface area contributed by atoms with E-state index in [9.17, 15) is 8.42 Å². The second-order valence-electron chi connectivity index (χ2n) is 5.46. The fourth-order valence-electron chi connectivity index (χ4n) is 2.77. The maximum absolute atomic E-state index is 11.6. The Bertz CT molecular complexity index is 796. The fourth-order valence-corrected chi connectivity index (χ4v) is 4.45. The zero-order valence-corrected chi connectivity index (χ0v) is 13.2. The van der Waals surface area contributed by atoms with Gasteiger partial charge in [0.25, 0.3) is 0 Å². The Kier molecular flexibility index (Phi) is 3.35. The van der Waals surface area contributed by atoms with Gasteiger partial charge in [-0.1, -0.05) is 0 Å². The summed E-state index contributed by atoms with van der Waals surface area (Å²) in [5, 5.41) is 7.75. The number of fused-ring (bicyclic) bond motifs is 1. The van der Waals surface area contributed by atoms with Gasteiger partial charge in [-0.25, -0.2) is 18.4 Å². The van der Waals surface area contributed by atoms with Gasteiger partial charge >= 0.3 is 0 Å². The molecule has 0 radical (unpaired) electrons. The van der Waals surface area contributed by atoms with Gasteiger partial charge in [0.2, 0.25) is 0 Å². The van der Waals surface area contributed by atoms with Crippen LogP contribution in [0.1, 0.15) is 24.9 Å². The number of aromatic nitrogens is 4. The first-order valence-electron chi connectivity index (χ1n) is 7.08. The van der Waals surface area contributed by atoms with Crippen molar-refractivity contribution in [1.29, 1.82) is 0 Å². The van der Waals surface area contributed by atoms with Gasteiger partial charge in [-0.15, -0.1) is 0 Å². The molecule has 2 aromatic rings. The van der Waals surface area contributed by atoms with E-state index in [1.54, 1.807) is 0 Å². The van der Waals surface area contributed by atoms with E-state index in [1.807, 2.05) is 25.5 Å². The molecule has 1 fully saturated rings. The molecule has 1 aliphatic heterocycles. The summed E-state index contributed by atoms with van der Waals surface area (Å²) in [5.74, 6) is 1.74. The highest BCUT2D eigenvalue weighted by molar-refractivity contribution is 7.91. The number of rotatable bonds is 3. The fraction of sp³-hybridized carbons (Fsp3) is 0.615. The maximum Gasteiger partial charge on any atom is 0.156 e. The summed E-state index contributed by atoms with van der Waals surface area (Å²) in [6.07, 6.45) is 0.617. The first-order chi connectivity index (χ1) is 9.89. The molecule has 3 rings (SSSR count). The zero-order chi connectivity index (χ0) is 15.2. The van der Waals surface area contributed by atoms with Gasteiger partial charge in [-0.05, 0) is 27.2 Å². The average molecular weight is 309 g/mol. The Hall–Kier alpha value is -1.70. The number of sulfone groups is 1. The first-order valence-corrected chi connectivity index (χ1v) is 8.90. The van der Waals surface area contributed by atoms with Gasteiger partial charge in [0.15, 0.2) is 15.7 Å². The van der Waals surface area contributed by atoms with Crippen LogP contribution in [-0.4, -0.2) is 45.7 Å². The van der Waals surface area contributed by atoms with E-state index in [1.165, 1.54) is 0 Å². The average Bonchev–Trinajstić information content (AvgIpc) is 2.90. The number of aryl methyl sites for hydroxylation is 3. The summed E-state index contributed by atoms with van der Waals surface area (Å²) >= 11 is 0. The summed E-state index contributed by atoms with van der Waals surface area (Å²) < 4.78 is 25.1. The molecule has 1 saturated heterocycles. The Labute approximate surface area is 123 Å². The van der Waals surface area contributed by atoms with Gasteiger partial charge in [-0.3, -0.25) is 4.68 Å². The van der Waals surface area contributed by atoms with E-state index in [-0.39, 0.29) is 17.5 Å². The van der Waals surface area contributed by atoms with Crippen LogP contribution in [0.4, 0.5) is 5.82 Å². The molecule has 114 valence electrons. The molecule has 0 amide bonds. The second-order valence-corrected chi connectivity index (χ2v) is 7.69. The maximum atomic E-state index is 11.6. The molecule has 2 aromatic heterocycles. The molecule has 1 N–H and O–H groups in total. The van der Waals surface area contributed by atoms with E-state index in [2.05, 4.69) is 20.4 Å². The third-order valence-corrected chi connectivity index (χ3v) is 5.51. The van der Waals surface area contributed by atoms with Crippen molar-refractivity contribution in [1.82, 2.24) is 19.7 Å². The molecular formula is C13H19N5O2S. The Morgan fingerprint density at radius 2 is 2.10 bits per heavy atom. The number of anilines is 1. The molecule has 7 nitrogen and oxygen atoms in total. The standard InChI is InChI=1S/C13H19N5O2S/c1-4-18-12-11(8(2)17-18)14-9(3)15-13(12)16-10-5-6-21(19,20)7-10/h10H,4-7H2,1-3H3,(H,14,15,16). The number of nitrogens with zero attached hydrogens (tertiary/aromatic N) is 4. The van der Waals surface area contributed by atoms with E-state index < -0.39 is 9.84 Å². The van der Waals surface area contributed by atoms with Crippen LogP contribution in [0, 0.1) is 13.8 Å². The van der Waals surface area contributed by atoms with Crippen molar-refractivity contribution in [3.05, 3.63) is 11.5 Å².